The van der Waals surface area contributed by atoms with Crippen LogP contribution < -0.4 is 14.9 Å². The smallest absolute Gasteiger partial charge is 0.235 e. The average Bonchev–Trinajstić information content (AvgIpc) is 2.75. The Morgan fingerprint density at radius 2 is 1.65 bits per heavy atom. The van der Waals surface area contributed by atoms with Gasteiger partial charge < -0.3 is 13.9 Å². The summed E-state index contributed by atoms with van der Waals surface area (Å²) in [6.45, 7) is 6.76. The minimum absolute atomic E-state index is 0.0477. The maximum absolute atomic E-state index is 12.9. The van der Waals surface area contributed by atoms with E-state index in [9.17, 15) is 4.79 Å². The third-order valence-corrected chi connectivity index (χ3v) is 5.38. The third-order valence-electron chi connectivity index (χ3n) is 5.01. The Morgan fingerprint density at radius 1 is 0.935 bits per heavy atom. The van der Waals surface area contributed by atoms with Crippen LogP contribution in [0.25, 0.3) is 11.0 Å². The monoisotopic (exact) mass is 434 g/mol. The molecule has 0 amide bonds. The van der Waals surface area contributed by atoms with Crippen LogP contribution in [0.4, 0.5) is 0 Å². The van der Waals surface area contributed by atoms with Crippen molar-refractivity contribution in [3.8, 4) is 17.2 Å². The predicted octanol–water partition coefficient (Wildman–Crippen LogP) is 7.12. The van der Waals surface area contributed by atoms with Gasteiger partial charge >= 0.3 is 0 Å². The molecule has 4 rings (SSSR count). The normalized spacial score (nSPS) is 11.5. The van der Waals surface area contributed by atoms with Crippen molar-refractivity contribution < 1.29 is 13.9 Å². The fourth-order valence-corrected chi connectivity index (χ4v) is 3.37. The van der Waals surface area contributed by atoms with Gasteiger partial charge in [0.2, 0.25) is 11.2 Å². The highest BCUT2D eigenvalue weighted by Gasteiger charge is 2.14. The summed E-state index contributed by atoms with van der Waals surface area (Å²) in [5.74, 6) is 1.31. The van der Waals surface area contributed by atoms with Gasteiger partial charge in [-0.05, 0) is 41.3 Å². The van der Waals surface area contributed by atoms with Crippen molar-refractivity contribution in [3.05, 3.63) is 99.4 Å². The first-order valence-corrected chi connectivity index (χ1v) is 10.4. The van der Waals surface area contributed by atoms with Gasteiger partial charge in [0.1, 0.15) is 30.0 Å². The standard InChI is InChI=1S/C26H23ClO4/c1-26(2,3)18-8-10-19(11-9-18)31-24-16-30-23-14-20(12-13-21(23)25(24)28)29-15-17-6-4-5-7-22(17)27/h4-14,16H,15H2,1-3H3. The van der Waals surface area contributed by atoms with Crippen molar-refractivity contribution in [3.63, 3.8) is 0 Å². The van der Waals surface area contributed by atoms with Gasteiger partial charge in [-0.1, -0.05) is 62.7 Å². The SMILES string of the molecule is CC(C)(C)c1ccc(Oc2coc3cc(OCc4ccccc4Cl)ccc3c2=O)cc1. The first kappa shape index (κ1) is 21.0. The van der Waals surface area contributed by atoms with E-state index in [1.807, 2.05) is 48.5 Å². The number of benzene rings is 3. The summed E-state index contributed by atoms with van der Waals surface area (Å²) in [5, 5.41) is 1.07. The van der Waals surface area contributed by atoms with Crippen LogP contribution in [0, 0.1) is 0 Å². The third kappa shape index (κ3) is 4.75. The molecule has 0 atom stereocenters. The molecule has 0 saturated carbocycles. The molecule has 0 bridgehead atoms. The molecule has 158 valence electrons. The van der Waals surface area contributed by atoms with Gasteiger partial charge in [-0.3, -0.25) is 4.79 Å². The molecular formula is C26H23ClO4. The summed E-state index contributed by atoms with van der Waals surface area (Å²) in [6, 6.07) is 20.3. The van der Waals surface area contributed by atoms with E-state index in [4.69, 9.17) is 25.5 Å². The fourth-order valence-electron chi connectivity index (χ4n) is 3.18. The summed E-state index contributed by atoms with van der Waals surface area (Å²) in [7, 11) is 0. The molecule has 3 aromatic carbocycles. The second kappa shape index (κ2) is 8.48. The van der Waals surface area contributed by atoms with Crippen molar-refractivity contribution in [2.24, 2.45) is 0 Å². The van der Waals surface area contributed by atoms with E-state index in [1.54, 1.807) is 18.2 Å². The van der Waals surface area contributed by atoms with E-state index in [-0.39, 0.29) is 16.6 Å². The second-order valence-electron chi connectivity index (χ2n) is 8.34. The van der Waals surface area contributed by atoms with Gasteiger partial charge in [-0.2, -0.15) is 0 Å². The lowest BCUT2D eigenvalue weighted by atomic mass is 9.87. The van der Waals surface area contributed by atoms with Crippen molar-refractivity contribution in [1.82, 2.24) is 0 Å². The lowest BCUT2D eigenvalue weighted by molar-refractivity contribution is 0.306. The number of hydrogen-bond donors (Lipinski definition) is 0. The highest BCUT2D eigenvalue weighted by Crippen LogP contribution is 2.28. The number of halogens is 1. The molecule has 0 radical (unpaired) electrons. The quantitative estimate of drug-likeness (QED) is 0.335. The van der Waals surface area contributed by atoms with E-state index in [0.29, 0.717) is 34.1 Å². The Hall–Kier alpha value is -3.24. The maximum Gasteiger partial charge on any atom is 0.235 e. The number of fused-ring (bicyclic) bond motifs is 1. The number of ether oxygens (including phenoxy) is 2. The molecule has 31 heavy (non-hydrogen) atoms. The van der Waals surface area contributed by atoms with Crippen molar-refractivity contribution in [2.45, 2.75) is 32.8 Å². The maximum atomic E-state index is 12.9. The Kier molecular flexibility index (Phi) is 5.75. The van der Waals surface area contributed by atoms with E-state index in [2.05, 4.69) is 20.8 Å². The van der Waals surface area contributed by atoms with Crippen LogP contribution in [-0.2, 0) is 12.0 Å². The summed E-state index contributed by atoms with van der Waals surface area (Å²) in [4.78, 5) is 12.9. The molecule has 5 heteroatoms. The Balaban J connectivity index is 1.53. The van der Waals surface area contributed by atoms with Crippen LogP contribution >= 0.6 is 11.6 Å². The van der Waals surface area contributed by atoms with Crippen LogP contribution in [0.15, 0.2) is 82.2 Å². The van der Waals surface area contributed by atoms with Crippen LogP contribution in [0.5, 0.6) is 17.2 Å². The molecule has 0 aliphatic rings. The molecule has 1 aromatic heterocycles. The molecule has 0 N–H and O–H groups in total. The number of rotatable bonds is 5. The van der Waals surface area contributed by atoms with Gasteiger partial charge in [0, 0.05) is 16.7 Å². The van der Waals surface area contributed by atoms with E-state index >= 15 is 0 Å². The predicted molar refractivity (Wildman–Crippen MR) is 123 cm³/mol. The van der Waals surface area contributed by atoms with E-state index in [0.717, 1.165) is 5.56 Å². The highest BCUT2D eigenvalue weighted by molar-refractivity contribution is 6.31. The summed E-state index contributed by atoms with van der Waals surface area (Å²) in [5.41, 5.74) is 2.31. The molecule has 4 nitrogen and oxygen atoms in total. The minimum atomic E-state index is -0.237. The molecule has 4 aromatic rings. The van der Waals surface area contributed by atoms with Gasteiger partial charge in [-0.15, -0.1) is 0 Å². The first-order valence-electron chi connectivity index (χ1n) is 10.0. The zero-order valence-corrected chi connectivity index (χ0v) is 18.4. The van der Waals surface area contributed by atoms with Gasteiger partial charge in [0.15, 0.2) is 0 Å². The molecule has 0 saturated heterocycles. The van der Waals surface area contributed by atoms with Gasteiger partial charge in [-0.25, -0.2) is 0 Å². The topological polar surface area (TPSA) is 48.7 Å². The van der Waals surface area contributed by atoms with Crippen molar-refractivity contribution in [1.29, 1.82) is 0 Å². The molecule has 0 spiro atoms. The van der Waals surface area contributed by atoms with E-state index < -0.39 is 0 Å². The summed E-state index contributed by atoms with van der Waals surface area (Å²) in [6.07, 6.45) is 1.33. The molecule has 0 aliphatic carbocycles. The lowest BCUT2D eigenvalue weighted by Gasteiger charge is -2.19. The largest absolute Gasteiger partial charge is 0.489 e. The highest BCUT2D eigenvalue weighted by atomic mass is 35.5. The first-order chi connectivity index (χ1) is 14.8. The Morgan fingerprint density at radius 3 is 2.35 bits per heavy atom. The minimum Gasteiger partial charge on any atom is -0.489 e. The van der Waals surface area contributed by atoms with Gasteiger partial charge in [0.25, 0.3) is 0 Å². The van der Waals surface area contributed by atoms with Gasteiger partial charge in [0.05, 0.1) is 5.39 Å². The van der Waals surface area contributed by atoms with Crippen LogP contribution in [0.2, 0.25) is 5.02 Å². The fraction of sp³-hybridized carbons (Fsp3) is 0.192. The second-order valence-corrected chi connectivity index (χ2v) is 8.75. The van der Waals surface area contributed by atoms with Crippen LogP contribution in [0.3, 0.4) is 0 Å². The van der Waals surface area contributed by atoms with E-state index in [1.165, 1.54) is 11.8 Å². The molecule has 1 heterocycles. The molecule has 0 unspecified atom stereocenters. The molecule has 0 aliphatic heterocycles. The number of hydrogen-bond acceptors (Lipinski definition) is 4. The summed E-state index contributed by atoms with van der Waals surface area (Å²) < 4.78 is 17.2. The average molecular weight is 435 g/mol. The van der Waals surface area contributed by atoms with Crippen molar-refractivity contribution in [2.75, 3.05) is 0 Å². The zero-order valence-electron chi connectivity index (χ0n) is 17.6. The molecule has 0 fully saturated rings. The Bertz CT molecular complexity index is 1270. The van der Waals surface area contributed by atoms with Crippen molar-refractivity contribution >= 4 is 22.6 Å². The lowest BCUT2D eigenvalue weighted by Crippen LogP contribution is -2.10. The summed E-state index contributed by atoms with van der Waals surface area (Å²) >= 11 is 6.17. The van der Waals surface area contributed by atoms with Crippen LogP contribution in [0.1, 0.15) is 31.9 Å². The zero-order chi connectivity index (χ0) is 22.0. The Labute approximate surface area is 186 Å². The molecular weight excluding hydrogens is 412 g/mol. The van der Waals surface area contributed by atoms with Crippen LogP contribution in [-0.4, -0.2) is 0 Å².